The quantitative estimate of drug-likeness (QED) is 0.942. The molecule has 1 saturated heterocycles. The Kier molecular flexibility index (Phi) is 4.53. The number of rotatable bonds is 3. The number of nitrogens with one attached hydrogen (secondary N) is 1. The Bertz CT molecular complexity index is 596. The van der Waals surface area contributed by atoms with Crippen LogP contribution >= 0.6 is 11.3 Å². The van der Waals surface area contributed by atoms with Crippen LogP contribution in [0.15, 0.2) is 36.1 Å². The minimum absolute atomic E-state index is 0.000282. The number of hydrogen-bond donors (Lipinski definition) is 1. The van der Waals surface area contributed by atoms with Gasteiger partial charge in [-0.05, 0) is 18.4 Å². The highest BCUT2D eigenvalue weighted by molar-refractivity contribution is 7.10. The summed E-state index contributed by atoms with van der Waals surface area (Å²) < 4.78 is 0. The van der Waals surface area contributed by atoms with Crippen molar-refractivity contribution in [2.75, 3.05) is 31.1 Å². The zero-order chi connectivity index (χ0) is 15.4. The van der Waals surface area contributed by atoms with E-state index >= 15 is 0 Å². The highest BCUT2D eigenvalue weighted by Gasteiger charge is 2.23. The van der Waals surface area contributed by atoms with Gasteiger partial charge in [-0.2, -0.15) is 0 Å². The van der Waals surface area contributed by atoms with Gasteiger partial charge in [-0.1, -0.05) is 6.07 Å². The SMILES string of the molecule is CC(NC(=O)N1CCN(c2cnccn2)CC1)c1cccs1. The summed E-state index contributed by atoms with van der Waals surface area (Å²) in [5.41, 5.74) is 0. The molecule has 0 aliphatic carbocycles. The molecule has 1 unspecified atom stereocenters. The lowest BCUT2D eigenvalue weighted by Crippen LogP contribution is -2.52. The van der Waals surface area contributed by atoms with Crippen LogP contribution < -0.4 is 10.2 Å². The molecular weight excluding hydrogens is 298 g/mol. The third-order valence-electron chi connectivity index (χ3n) is 3.75. The summed E-state index contributed by atoms with van der Waals surface area (Å²) in [6.45, 7) is 4.96. The van der Waals surface area contributed by atoms with Crippen LogP contribution in [0.4, 0.5) is 10.6 Å². The fraction of sp³-hybridized carbons (Fsp3) is 0.400. The first-order valence-electron chi connectivity index (χ1n) is 7.34. The van der Waals surface area contributed by atoms with E-state index in [2.05, 4.69) is 20.2 Å². The predicted molar refractivity (Wildman–Crippen MR) is 87.1 cm³/mol. The number of urea groups is 1. The second kappa shape index (κ2) is 6.74. The number of hydrogen-bond acceptors (Lipinski definition) is 5. The van der Waals surface area contributed by atoms with Crippen molar-refractivity contribution < 1.29 is 4.79 Å². The second-order valence-corrected chi connectivity index (χ2v) is 6.20. The average Bonchev–Trinajstić information content (AvgIpc) is 3.10. The van der Waals surface area contributed by atoms with E-state index in [-0.39, 0.29) is 12.1 Å². The van der Waals surface area contributed by atoms with Crippen molar-refractivity contribution in [3.8, 4) is 0 Å². The highest BCUT2D eigenvalue weighted by Crippen LogP contribution is 2.18. The predicted octanol–water partition coefficient (Wildman–Crippen LogP) is 2.13. The third-order valence-corrected chi connectivity index (χ3v) is 4.81. The average molecular weight is 317 g/mol. The standard InChI is InChI=1S/C15H19N5OS/c1-12(13-3-2-10-22-13)18-15(21)20-8-6-19(7-9-20)14-11-16-4-5-17-14/h2-5,10-12H,6-9H2,1H3,(H,18,21). The van der Waals surface area contributed by atoms with E-state index in [0.29, 0.717) is 13.1 Å². The van der Waals surface area contributed by atoms with Gasteiger partial charge < -0.3 is 15.1 Å². The minimum atomic E-state index is -0.000282. The van der Waals surface area contributed by atoms with E-state index in [4.69, 9.17) is 0 Å². The van der Waals surface area contributed by atoms with Crippen LogP contribution in [0.1, 0.15) is 17.8 Å². The summed E-state index contributed by atoms with van der Waals surface area (Å²) in [4.78, 5) is 25.9. The lowest BCUT2D eigenvalue weighted by Gasteiger charge is -2.35. The van der Waals surface area contributed by atoms with Crippen molar-refractivity contribution in [1.29, 1.82) is 0 Å². The van der Waals surface area contributed by atoms with E-state index in [0.717, 1.165) is 18.9 Å². The number of anilines is 1. The first-order chi connectivity index (χ1) is 10.7. The van der Waals surface area contributed by atoms with E-state index in [1.165, 1.54) is 4.88 Å². The largest absolute Gasteiger partial charge is 0.352 e. The van der Waals surface area contributed by atoms with Gasteiger partial charge in [-0.15, -0.1) is 11.3 Å². The molecule has 1 fully saturated rings. The van der Waals surface area contributed by atoms with Crippen molar-refractivity contribution in [1.82, 2.24) is 20.2 Å². The molecule has 116 valence electrons. The van der Waals surface area contributed by atoms with Crippen LogP contribution in [0.5, 0.6) is 0 Å². The lowest BCUT2D eigenvalue weighted by molar-refractivity contribution is 0.191. The Labute approximate surface area is 133 Å². The molecule has 1 aliphatic heterocycles. The van der Waals surface area contributed by atoms with Crippen LogP contribution in [0, 0.1) is 0 Å². The molecule has 6 nitrogen and oxygen atoms in total. The molecule has 1 N–H and O–H groups in total. The summed E-state index contributed by atoms with van der Waals surface area (Å²) >= 11 is 1.66. The number of amides is 2. The molecule has 2 aromatic rings. The second-order valence-electron chi connectivity index (χ2n) is 5.22. The highest BCUT2D eigenvalue weighted by atomic mass is 32.1. The van der Waals surface area contributed by atoms with Gasteiger partial charge in [0.25, 0.3) is 0 Å². The van der Waals surface area contributed by atoms with Crippen molar-refractivity contribution >= 4 is 23.2 Å². The number of aromatic nitrogens is 2. The molecule has 1 aliphatic rings. The topological polar surface area (TPSA) is 61.4 Å². The van der Waals surface area contributed by atoms with E-state index < -0.39 is 0 Å². The lowest BCUT2D eigenvalue weighted by atomic mass is 10.3. The zero-order valence-corrected chi connectivity index (χ0v) is 13.3. The Morgan fingerprint density at radius 2 is 2.14 bits per heavy atom. The summed E-state index contributed by atoms with van der Waals surface area (Å²) in [5, 5.41) is 5.08. The smallest absolute Gasteiger partial charge is 0.318 e. The zero-order valence-electron chi connectivity index (χ0n) is 12.5. The van der Waals surface area contributed by atoms with Gasteiger partial charge in [-0.25, -0.2) is 9.78 Å². The number of piperazine rings is 1. The molecule has 0 saturated carbocycles. The van der Waals surface area contributed by atoms with Crippen LogP contribution in [-0.4, -0.2) is 47.1 Å². The van der Waals surface area contributed by atoms with E-state index in [1.54, 1.807) is 29.9 Å². The fourth-order valence-electron chi connectivity index (χ4n) is 2.48. The number of carbonyl (C=O) groups excluding carboxylic acids is 1. The van der Waals surface area contributed by atoms with Crippen molar-refractivity contribution in [2.45, 2.75) is 13.0 Å². The van der Waals surface area contributed by atoms with Gasteiger partial charge in [0.2, 0.25) is 0 Å². The molecule has 0 radical (unpaired) electrons. The Morgan fingerprint density at radius 1 is 1.32 bits per heavy atom. The fourth-order valence-corrected chi connectivity index (χ4v) is 3.21. The summed E-state index contributed by atoms with van der Waals surface area (Å²) in [7, 11) is 0. The van der Waals surface area contributed by atoms with Gasteiger partial charge >= 0.3 is 6.03 Å². The molecule has 2 amide bonds. The molecule has 22 heavy (non-hydrogen) atoms. The van der Waals surface area contributed by atoms with Gasteiger partial charge in [-0.3, -0.25) is 4.98 Å². The Hall–Kier alpha value is -2.15. The van der Waals surface area contributed by atoms with Gasteiger partial charge in [0.05, 0.1) is 12.2 Å². The maximum Gasteiger partial charge on any atom is 0.318 e. The normalized spacial score (nSPS) is 16.4. The summed E-state index contributed by atoms with van der Waals surface area (Å²) in [6.07, 6.45) is 5.12. The van der Waals surface area contributed by atoms with Crippen molar-refractivity contribution in [3.05, 3.63) is 41.0 Å². The number of thiophene rings is 1. The van der Waals surface area contributed by atoms with Crippen molar-refractivity contribution in [3.63, 3.8) is 0 Å². The summed E-state index contributed by atoms with van der Waals surface area (Å²) in [5.74, 6) is 0.870. The molecule has 7 heteroatoms. The molecule has 2 aromatic heterocycles. The molecule has 0 bridgehead atoms. The maximum atomic E-state index is 12.3. The first kappa shape index (κ1) is 14.8. The maximum absolute atomic E-state index is 12.3. The van der Waals surface area contributed by atoms with E-state index in [9.17, 15) is 4.79 Å². The Balaban J connectivity index is 1.52. The molecule has 1 atom stereocenters. The molecular formula is C15H19N5OS. The molecule has 0 spiro atoms. The first-order valence-corrected chi connectivity index (χ1v) is 8.22. The minimum Gasteiger partial charge on any atom is -0.352 e. The molecule has 0 aromatic carbocycles. The molecule has 3 rings (SSSR count). The number of carbonyl (C=O) groups is 1. The van der Waals surface area contributed by atoms with Crippen LogP contribution in [0.25, 0.3) is 0 Å². The van der Waals surface area contributed by atoms with Gasteiger partial charge in [0, 0.05) is 43.4 Å². The van der Waals surface area contributed by atoms with Crippen LogP contribution in [-0.2, 0) is 0 Å². The number of nitrogens with zero attached hydrogens (tertiary/aromatic N) is 4. The van der Waals surface area contributed by atoms with Crippen LogP contribution in [0.2, 0.25) is 0 Å². The third kappa shape index (κ3) is 3.36. The van der Waals surface area contributed by atoms with Gasteiger partial charge in [0.1, 0.15) is 5.82 Å². The molecule has 3 heterocycles. The van der Waals surface area contributed by atoms with E-state index in [1.807, 2.05) is 29.3 Å². The van der Waals surface area contributed by atoms with Gasteiger partial charge in [0.15, 0.2) is 0 Å². The summed E-state index contributed by atoms with van der Waals surface area (Å²) in [6, 6.07) is 4.09. The monoisotopic (exact) mass is 317 g/mol. The van der Waals surface area contributed by atoms with Crippen LogP contribution in [0.3, 0.4) is 0 Å². The Morgan fingerprint density at radius 3 is 2.77 bits per heavy atom. The van der Waals surface area contributed by atoms with Crippen molar-refractivity contribution in [2.24, 2.45) is 0 Å².